The van der Waals surface area contributed by atoms with Gasteiger partial charge in [0.2, 0.25) is 10.0 Å². The van der Waals surface area contributed by atoms with Crippen LogP contribution in [0.1, 0.15) is 29.5 Å². The number of ether oxygens (including phenoxy) is 2. The maximum absolute atomic E-state index is 12.6. The Kier molecular flexibility index (Phi) is 7.22. The van der Waals surface area contributed by atoms with Gasteiger partial charge in [0.25, 0.3) is 0 Å². The van der Waals surface area contributed by atoms with Gasteiger partial charge in [0.05, 0.1) is 25.6 Å². The highest BCUT2D eigenvalue weighted by molar-refractivity contribution is 7.89. The van der Waals surface area contributed by atoms with Crippen molar-refractivity contribution in [1.29, 1.82) is 0 Å². The summed E-state index contributed by atoms with van der Waals surface area (Å²) >= 11 is 0. The standard InChI is InChI=1S/C18H29NO4S/c1-15-6-7-16(2)17(13-15)14-18-5-4-8-19(18)24(20,21)12-11-23-10-9-22-3/h6-7,13,18H,4-5,8-12,14H2,1-3H3. The van der Waals surface area contributed by atoms with Crippen molar-refractivity contribution in [2.75, 3.05) is 39.2 Å². The Labute approximate surface area is 146 Å². The van der Waals surface area contributed by atoms with Crippen LogP contribution in [0.2, 0.25) is 0 Å². The summed E-state index contributed by atoms with van der Waals surface area (Å²) in [6.45, 7) is 5.92. The largest absolute Gasteiger partial charge is 0.382 e. The Morgan fingerprint density at radius 3 is 2.75 bits per heavy atom. The molecular formula is C18H29NO4S. The van der Waals surface area contributed by atoms with Gasteiger partial charge in [0, 0.05) is 19.7 Å². The first-order chi connectivity index (χ1) is 11.4. The monoisotopic (exact) mass is 355 g/mol. The van der Waals surface area contributed by atoms with Crippen LogP contribution in [-0.2, 0) is 25.9 Å². The third kappa shape index (κ3) is 5.28. The van der Waals surface area contributed by atoms with Gasteiger partial charge >= 0.3 is 0 Å². The molecule has 0 spiro atoms. The first-order valence-corrected chi connectivity index (χ1v) is 10.2. The van der Waals surface area contributed by atoms with Crippen LogP contribution in [0.5, 0.6) is 0 Å². The molecular weight excluding hydrogens is 326 g/mol. The number of benzene rings is 1. The molecule has 1 aliphatic heterocycles. The van der Waals surface area contributed by atoms with E-state index in [2.05, 4.69) is 32.0 Å². The zero-order valence-electron chi connectivity index (χ0n) is 15.0. The van der Waals surface area contributed by atoms with E-state index in [1.165, 1.54) is 16.7 Å². The van der Waals surface area contributed by atoms with Crippen LogP contribution in [0.25, 0.3) is 0 Å². The molecule has 2 rings (SSSR count). The summed E-state index contributed by atoms with van der Waals surface area (Å²) in [7, 11) is -1.67. The average molecular weight is 356 g/mol. The highest BCUT2D eigenvalue weighted by Crippen LogP contribution is 2.26. The molecule has 1 heterocycles. The second kappa shape index (κ2) is 8.94. The summed E-state index contributed by atoms with van der Waals surface area (Å²) in [5.41, 5.74) is 3.70. The molecule has 0 N–H and O–H groups in total. The van der Waals surface area contributed by atoms with Gasteiger partial charge in [-0.25, -0.2) is 8.42 Å². The van der Waals surface area contributed by atoms with Crippen LogP contribution >= 0.6 is 0 Å². The molecule has 1 aromatic rings. The van der Waals surface area contributed by atoms with E-state index < -0.39 is 10.0 Å². The quantitative estimate of drug-likeness (QED) is 0.638. The minimum Gasteiger partial charge on any atom is -0.382 e. The minimum atomic E-state index is -3.27. The van der Waals surface area contributed by atoms with Gasteiger partial charge in [-0.1, -0.05) is 23.8 Å². The van der Waals surface area contributed by atoms with Crippen LogP contribution in [-0.4, -0.2) is 58.0 Å². The molecule has 0 radical (unpaired) electrons. The smallest absolute Gasteiger partial charge is 0.216 e. The molecule has 1 aromatic carbocycles. The molecule has 0 aromatic heterocycles. The molecule has 6 heteroatoms. The highest BCUT2D eigenvalue weighted by Gasteiger charge is 2.34. The second-order valence-corrected chi connectivity index (χ2v) is 8.50. The molecule has 1 saturated heterocycles. The van der Waals surface area contributed by atoms with Gasteiger partial charge in [-0.2, -0.15) is 4.31 Å². The molecule has 1 aliphatic rings. The molecule has 1 atom stereocenters. The van der Waals surface area contributed by atoms with Crippen molar-refractivity contribution in [1.82, 2.24) is 4.31 Å². The molecule has 24 heavy (non-hydrogen) atoms. The maximum atomic E-state index is 12.6. The first kappa shape index (κ1) is 19.4. The fourth-order valence-electron chi connectivity index (χ4n) is 3.18. The lowest BCUT2D eigenvalue weighted by atomic mass is 9.98. The molecule has 1 fully saturated rings. The maximum Gasteiger partial charge on any atom is 0.216 e. The predicted molar refractivity (Wildman–Crippen MR) is 95.8 cm³/mol. The van der Waals surface area contributed by atoms with Gasteiger partial charge in [-0.15, -0.1) is 0 Å². The van der Waals surface area contributed by atoms with E-state index in [0.29, 0.717) is 19.8 Å². The lowest BCUT2D eigenvalue weighted by Crippen LogP contribution is -2.39. The lowest BCUT2D eigenvalue weighted by molar-refractivity contribution is 0.0781. The molecule has 0 saturated carbocycles. The van der Waals surface area contributed by atoms with E-state index in [4.69, 9.17) is 9.47 Å². The molecule has 0 bridgehead atoms. The van der Waals surface area contributed by atoms with Crippen LogP contribution in [0.15, 0.2) is 18.2 Å². The van der Waals surface area contributed by atoms with E-state index in [1.807, 2.05) is 0 Å². The number of sulfonamides is 1. The van der Waals surface area contributed by atoms with E-state index in [9.17, 15) is 8.42 Å². The highest BCUT2D eigenvalue weighted by atomic mass is 32.2. The molecule has 1 unspecified atom stereocenters. The Balaban J connectivity index is 1.97. The second-order valence-electron chi connectivity index (χ2n) is 6.46. The number of nitrogens with zero attached hydrogens (tertiary/aromatic N) is 1. The van der Waals surface area contributed by atoms with Crippen LogP contribution in [0.3, 0.4) is 0 Å². The fraction of sp³-hybridized carbons (Fsp3) is 0.667. The van der Waals surface area contributed by atoms with Crippen LogP contribution in [0, 0.1) is 13.8 Å². The summed E-state index contributed by atoms with van der Waals surface area (Å²) in [5.74, 6) is 0.0417. The van der Waals surface area contributed by atoms with E-state index in [1.54, 1.807) is 11.4 Å². The zero-order valence-corrected chi connectivity index (χ0v) is 15.8. The van der Waals surface area contributed by atoms with Crippen molar-refractivity contribution in [3.8, 4) is 0 Å². The van der Waals surface area contributed by atoms with Crippen LogP contribution < -0.4 is 0 Å². The van der Waals surface area contributed by atoms with Crippen molar-refractivity contribution in [2.24, 2.45) is 0 Å². The van der Waals surface area contributed by atoms with Crippen molar-refractivity contribution < 1.29 is 17.9 Å². The van der Waals surface area contributed by atoms with Gasteiger partial charge in [-0.3, -0.25) is 0 Å². The summed E-state index contributed by atoms with van der Waals surface area (Å²) in [4.78, 5) is 0. The Hall–Kier alpha value is -0.950. The minimum absolute atomic E-state index is 0.0417. The van der Waals surface area contributed by atoms with Crippen molar-refractivity contribution in [2.45, 2.75) is 39.2 Å². The molecule has 136 valence electrons. The molecule has 5 nitrogen and oxygen atoms in total. The third-order valence-electron chi connectivity index (χ3n) is 4.56. The van der Waals surface area contributed by atoms with Gasteiger partial charge in [0.1, 0.15) is 0 Å². The van der Waals surface area contributed by atoms with E-state index in [0.717, 1.165) is 19.3 Å². The van der Waals surface area contributed by atoms with Crippen LogP contribution in [0.4, 0.5) is 0 Å². The third-order valence-corrected chi connectivity index (χ3v) is 6.44. The Morgan fingerprint density at radius 1 is 1.21 bits per heavy atom. The van der Waals surface area contributed by atoms with Gasteiger partial charge < -0.3 is 9.47 Å². The predicted octanol–water partition coefficient (Wildman–Crippen LogP) is 2.30. The van der Waals surface area contributed by atoms with Crippen molar-refractivity contribution in [3.05, 3.63) is 34.9 Å². The molecule has 0 amide bonds. The summed E-state index contributed by atoms with van der Waals surface area (Å²) < 4.78 is 37.2. The first-order valence-electron chi connectivity index (χ1n) is 8.56. The van der Waals surface area contributed by atoms with E-state index in [-0.39, 0.29) is 18.4 Å². The zero-order chi connectivity index (χ0) is 17.6. The number of hydrogen-bond donors (Lipinski definition) is 0. The van der Waals surface area contributed by atoms with E-state index >= 15 is 0 Å². The fourth-order valence-corrected chi connectivity index (χ4v) is 4.78. The Bertz CT molecular complexity index is 630. The van der Waals surface area contributed by atoms with Crippen molar-refractivity contribution >= 4 is 10.0 Å². The number of rotatable bonds is 9. The van der Waals surface area contributed by atoms with Gasteiger partial charge in [-0.05, 0) is 44.2 Å². The summed E-state index contributed by atoms with van der Waals surface area (Å²) in [5, 5.41) is 0. The summed E-state index contributed by atoms with van der Waals surface area (Å²) in [6.07, 6.45) is 2.65. The topological polar surface area (TPSA) is 55.8 Å². The SMILES string of the molecule is COCCOCCS(=O)(=O)N1CCCC1Cc1cc(C)ccc1C. The average Bonchev–Trinajstić information content (AvgIpc) is 3.00. The van der Waals surface area contributed by atoms with Gasteiger partial charge in [0.15, 0.2) is 0 Å². The number of aryl methyl sites for hydroxylation is 2. The number of hydrogen-bond acceptors (Lipinski definition) is 4. The lowest BCUT2D eigenvalue weighted by Gasteiger charge is -2.25. The molecule has 0 aliphatic carbocycles. The Morgan fingerprint density at radius 2 is 2.00 bits per heavy atom. The van der Waals surface area contributed by atoms with Crippen molar-refractivity contribution in [3.63, 3.8) is 0 Å². The normalized spacial score (nSPS) is 19.0. The number of methoxy groups -OCH3 is 1. The summed E-state index contributed by atoms with van der Waals surface area (Å²) in [6, 6.07) is 6.45.